The molecule has 33 heavy (non-hydrogen) atoms. The number of hydrogen-bond acceptors (Lipinski definition) is 6. The zero-order valence-electron chi connectivity index (χ0n) is 18.8. The van der Waals surface area contributed by atoms with Gasteiger partial charge in [0.1, 0.15) is 11.6 Å². The van der Waals surface area contributed by atoms with Gasteiger partial charge in [-0.25, -0.2) is 9.37 Å². The van der Waals surface area contributed by atoms with Gasteiger partial charge in [-0.15, -0.1) is 12.4 Å². The van der Waals surface area contributed by atoms with Crippen molar-refractivity contribution in [2.24, 2.45) is 0 Å². The Bertz CT molecular complexity index is 1110. The molecule has 1 fully saturated rings. The van der Waals surface area contributed by atoms with Gasteiger partial charge in [0, 0.05) is 37.2 Å². The molecular formula is C25H30ClFN4O2. The van der Waals surface area contributed by atoms with Crippen LogP contribution < -0.4 is 14.8 Å². The standard InChI is InChI=1S/C25H29FN4O2.ClH/c1-31-24-5-3-22-25(29-24)20(21(26)16-28-22)8-12-30-10-6-19(7-11-30)27-15-17-2-4-23-18(14-17)9-13-32-23;/h2-5,14,16,19,27H,6-13,15H2,1H3;1H. The number of piperidine rings is 1. The minimum absolute atomic E-state index is 0. The van der Waals surface area contributed by atoms with E-state index in [0.717, 1.165) is 57.8 Å². The van der Waals surface area contributed by atoms with E-state index < -0.39 is 0 Å². The second-order valence-electron chi connectivity index (χ2n) is 8.59. The van der Waals surface area contributed by atoms with Crippen LogP contribution in [0.25, 0.3) is 11.0 Å². The summed E-state index contributed by atoms with van der Waals surface area (Å²) in [6.07, 6.45) is 5.12. The summed E-state index contributed by atoms with van der Waals surface area (Å²) in [6.45, 7) is 4.52. The monoisotopic (exact) mass is 472 g/mol. The molecule has 6 nitrogen and oxygen atoms in total. The fourth-order valence-corrected chi connectivity index (χ4v) is 4.67. The highest BCUT2D eigenvalue weighted by Crippen LogP contribution is 2.26. The Labute approximate surface area is 199 Å². The molecule has 0 aliphatic carbocycles. The number of benzene rings is 1. The molecule has 1 aromatic carbocycles. The molecule has 0 saturated carbocycles. The molecule has 0 amide bonds. The first-order chi connectivity index (χ1) is 15.7. The van der Waals surface area contributed by atoms with Crippen molar-refractivity contribution >= 4 is 23.4 Å². The second kappa shape index (κ2) is 10.6. The molecule has 4 heterocycles. The van der Waals surface area contributed by atoms with Crippen LogP contribution in [0.2, 0.25) is 0 Å². The molecule has 2 aromatic heterocycles. The molecule has 1 N–H and O–H groups in total. The molecule has 5 rings (SSSR count). The Hall–Kier alpha value is -2.48. The summed E-state index contributed by atoms with van der Waals surface area (Å²) >= 11 is 0. The first-order valence-electron chi connectivity index (χ1n) is 11.4. The minimum atomic E-state index is -0.297. The first kappa shape index (κ1) is 23.7. The topological polar surface area (TPSA) is 59.5 Å². The van der Waals surface area contributed by atoms with Gasteiger partial charge in [0.2, 0.25) is 5.88 Å². The van der Waals surface area contributed by atoms with Crippen LogP contribution in [-0.2, 0) is 19.4 Å². The van der Waals surface area contributed by atoms with Gasteiger partial charge in [-0.2, -0.15) is 0 Å². The number of hydrogen-bond donors (Lipinski definition) is 1. The van der Waals surface area contributed by atoms with Crippen molar-refractivity contribution in [2.75, 3.05) is 33.4 Å². The van der Waals surface area contributed by atoms with Crippen LogP contribution in [0.4, 0.5) is 4.39 Å². The van der Waals surface area contributed by atoms with Crippen molar-refractivity contribution in [3.8, 4) is 11.6 Å². The Morgan fingerprint density at radius 1 is 1.21 bits per heavy atom. The molecule has 0 spiro atoms. The Balaban J connectivity index is 0.00000259. The second-order valence-corrected chi connectivity index (χ2v) is 8.59. The molecule has 0 unspecified atom stereocenters. The summed E-state index contributed by atoms with van der Waals surface area (Å²) in [5.74, 6) is 1.22. The zero-order chi connectivity index (χ0) is 21.9. The molecule has 2 aliphatic rings. The van der Waals surface area contributed by atoms with Crippen LogP contribution in [0.1, 0.15) is 29.5 Å². The van der Waals surface area contributed by atoms with E-state index in [-0.39, 0.29) is 18.2 Å². The van der Waals surface area contributed by atoms with Crippen LogP contribution in [-0.4, -0.2) is 54.3 Å². The van der Waals surface area contributed by atoms with Gasteiger partial charge in [-0.3, -0.25) is 4.98 Å². The van der Waals surface area contributed by atoms with Crippen molar-refractivity contribution in [2.45, 2.75) is 38.3 Å². The van der Waals surface area contributed by atoms with Crippen molar-refractivity contribution in [1.29, 1.82) is 0 Å². The number of halogens is 2. The number of ether oxygens (including phenoxy) is 2. The lowest BCUT2D eigenvalue weighted by atomic mass is 10.0. The number of likely N-dealkylation sites (tertiary alicyclic amines) is 1. The predicted molar refractivity (Wildman–Crippen MR) is 129 cm³/mol. The number of nitrogens with zero attached hydrogens (tertiary/aromatic N) is 3. The quantitative estimate of drug-likeness (QED) is 0.562. The third-order valence-corrected chi connectivity index (χ3v) is 6.56. The Morgan fingerprint density at radius 3 is 2.88 bits per heavy atom. The van der Waals surface area contributed by atoms with Crippen molar-refractivity contribution in [3.63, 3.8) is 0 Å². The third-order valence-electron chi connectivity index (χ3n) is 6.56. The fourth-order valence-electron chi connectivity index (χ4n) is 4.67. The molecule has 2 aliphatic heterocycles. The van der Waals surface area contributed by atoms with Crippen LogP contribution in [0.15, 0.2) is 36.5 Å². The van der Waals surface area contributed by atoms with Crippen LogP contribution in [0.5, 0.6) is 11.6 Å². The summed E-state index contributed by atoms with van der Waals surface area (Å²) in [5, 5.41) is 3.71. The maximum absolute atomic E-state index is 14.5. The van der Waals surface area contributed by atoms with E-state index in [4.69, 9.17) is 9.47 Å². The van der Waals surface area contributed by atoms with E-state index in [1.54, 1.807) is 13.2 Å². The van der Waals surface area contributed by atoms with Gasteiger partial charge in [0.25, 0.3) is 0 Å². The van der Waals surface area contributed by atoms with Gasteiger partial charge in [0.15, 0.2) is 0 Å². The van der Waals surface area contributed by atoms with Gasteiger partial charge in [-0.05, 0) is 55.6 Å². The van der Waals surface area contributed by atoms with Gasteiger partial charge in [0.05, 0.1) is 30.9 Å². The Morgan fingerprint density at radius 2 is 2.06 bits per heavy atom. The molecule has 1 saturated heterocycles. The van der Waals surface area contributed by atoms with E-state index in [0.29, 0.717) is 34.9 Å². The molecule has 176 valence electrons. The van der Waals surface area contributed by atoms with Gasteiger partial charge < -0.3 is 19.7 Å². The largest absolute Gasteiger partial charge is 0.493 e. The molecular weight excluding hydrogens is 443 g/mol. The van der Waals surface area contributed by atoms with Gasteiger partial charge in [-0.1, -0.05) is 12.1 Å². The average molecular weight is 473 g/mol. The molecule has 0 radical (unpaired) electrons. The third kappa shape index (κ3) is 5.37. The first-order valence-corrected chi connectivity index (χ1v) is 11.4. The smallest absolute Gasteiger partial charge is 0.213 e. The van der Waals surface area contributed by atoms with Crippen molar-refractivity contribution in [3.05, 3.63) is 59.0 Å². The molecule has 8 heteroatoms. The molecule has 0 atom stereocenters. The van der Waals surface area contributed by atoms with E-state index in [9.17, 15) is 4.39 Å². The number of aromatic nitrogens is 2. The highest BCUT2D eigenvalue weighted by molar-refractivity contribution is 5.85. The summed E-state index contributed by atoms with van der Waals surface area (Å²) in [4.78, 5) is 11.0. The number of nitrogens with one attached hydrogen (secondary N) is 1. The number of methoxy groups -OCH3 is 1. The average Bonchev–Trinajstić information content (AvgIpc) is 3.30. The van der Waals surface area contributed by atoms with Gasteiger partial charge >= 0.3 is 0 Å². The Kier molecular flexibility index (Phi) is 7.63. The van der Waals surface area contributed by atoms with E-state index in [1.165, 1.54) is 17.3 Å². The maximum Gasteiger partial charge on any atom is 0.213 e. The summed E-state index contributed by atoms with van der Waals surface area (Å²) < 4.78 is 25.3. The van der Waals surface area contributed by atoms with E-state index in [2.05, 4.69) is 38.4 Å². The lowest BCUT2D eigenvalue weighted by molar-refractivity contribution is 0.199. The SMILES string of the molecule is COc1ccc2ncc(F)c(CCN3CCC(NCc4ccc5c(c4)CCO5)CC3)c2n1.Cl. The van der Waals surface area contributed by atoms with Crippen LogP contribution >= 0.6 is 12.4 Å². The number of rotatable bonds is 7. The predicted octanol–water partition coefficient (Wildman–Crippen LogP) is 3.93. The van der Waals surface area contributed by atoms with Crippen LogP contribution in [0.3, 0.4) is 0 Å². The van der Waals surface area contributed by atoms with E-state index in [1.807, 2.05) is 6.07 Å². The molecule has 3 aromatic rings. The highest BCUT2D eigenvalue weighted by atomic mass is 35.5. The normalized spacial score (nSPS) is 16.3. The lowest BCUT2D eigenvalue weighted by Gasteiger charge is -2.32. The highest BCUT2D eigenvalue weighted by Gasteiger charge is 2.20. The minimum Gasteiger partial charge on any atom is -0.493 e. The van der Waals surface area contributed by atoms with Crippen LogP contribution in [0, 0.1) is 5.82 Å². The summed E-state index contributed by atoms with van der Waals surface area (Å²) in [6, 6.07) is 10.6. The van der Waals surface area contributed by atoms with Crippen molar-refractivity contribution in [1.82, 2.24) is 20.2 Å². The summed E-state index contributed by atoms with van der Waals surface area (Å²) in [5.41, 5.74) is 4.56. The number of fused-ring (bicyclic) bond motifs is 2. The van der Waals surface area contributed by atoms with E-state index >= 15 is 0 Å². The summed E-state index contributed by atoms with van der Waals surface area (Å²) in [7, 11) is 1.57. The number of pyridine rings is 2. The fraction of sp³-hybridized carbons (Fsp3) is 0.440. The molecule has 0 bridgehead atoms. The van der Waals surface area contributed by atoms with Crippen molar-refractivity contribution < 1.29 is 13.9 Å². The zero-order valence-corrected chi connectivity index (χ0v) is 19.7. The maximum atomic E-state index is 14.5. The lowest BCUT2D eigenvalue weighted by Crippen LogP contribution is -2.42.